The van der Waals surface area contributed by atoms with Gasteiger partial charge in [0, 0.05) is 12.8 Å². The Morgan fingerprint density at radius 3 is 2.68 bits per heavy atom. The van der Waals surface area contributed by atoms with Crippen molar-refractivity contribution in [2.24, 2.45) is 5.92 Å². The highest BCUT2D eigenvalue weighted by Gasteiger charge is 2.43. The summed E-state index contributed by atoms with van der Waals surface area (Å²) in [5, 5.41) is 20.2. The number of esters is 1. The summed E-state index contributed by atoms with van der Waals surface area (Å²) in [5.74, 6) is -0.632. The number of aliphatic hydroxyl groups is 2. The van der Waals surface area contributed by atoms with Crippen LogP contribution in [0.5, 0.6) is 0 Å². The fourth-order valence-corrected chi connectivity index (χ4v) is 3.84. The second-order valence-electron chi connectivity index (χ2n) is 8.27. The van der Waals surface area contributed by atoms with Crippen LogP contribution in [0.25, 0.3) is 0 Å². The van der Waals surface area contributed by atoms with Crippen molar-refractivity contribution < 1.29 is 29.5 Å². The van der Waals surface area contributed by atoms with Gasteiger partial charge in [-0.05, 0) is 64.0 Å². The molecule has 0 saturated carbocycles. The fourth-order valence-electron chi connectivity index (χ4n) is 3.84. The summed E-state index contributed by atoms with van der Waals surface area (Å²) < 4.78 is 5.57. The van der Waals surface area contributed by atoms with Crippen molar-refractivity contribution >= 4 is 5.97 Å². The third-order valence-corrected chi connectivity index (χ3v) is 5.84. The number of carbonyl (C=O) groups excluding carboxylic acids is 1. The molecule has 1 fully saturated rings. The van der Waals surface area contributed by atoms with Crippen molar-refractivity contribution in [3.05, 3.63) is 35.5 Å². The Hall–Kier alpha value is -1.47. The molecule has 2 aliphatic heterocycles. The van der Waals surface area contributed by atoms with Gasteiger partial charge in [-0.1, -0.05) is 24.3 Å². The zero-order valence-electron chi connectivity index (χ0n) is 17.4. The minimum absolute atomic E-state index is 0.169. The van der Waals surface area contributed by atoms with Crippen molar-refractivity contribution in [2.45, 2.75) is 83.7 Å². The van der Waals surface area contributed by atoms with Gasteiger partial charge < -0.3 is 14.9 Å². The maximum absolute atomic E-state index is 11.6. The average Bonchev–Trinajstić information content (AvgIpc) is 2.64. The summed E-state index contributed by atoms with van der Waals surface area (Å²) in [7, 11) is 0. The molecule has 0 radical (unpaired) electrons. The van der Waals surface area contributed by atoms with E-state index in [-0.39, 0.29) is 24.6 Å². The predicted octanol–water partition coefficient (Wildman–Crippen LogP) is 3.39. The number of hydrogen-bond acceptors (Lipinski definition) is 6. The van der Waals surface area contributed by atoms with E-state index in [1.807, 2.05) is 32.9 Å². The predicted molar refractivity (Wildman–Crippen MR) is 106 cm³/mol. The number of rotatable bonds is 3. The Morgan fingerprint density at radius 2 is 2.11 bits per heavy atom. The Labute approximate surface area is 167 Å². The lowest BCUT2D eigenvalue weighted by atomic mass is 9.84. The molecule has 0 spiro atoms. The molecule has 6 heteroatoms. The van der Waals surface area contributed by atoms with Crippen LogP contribution in [0.4, 0.5) is 0 Å². The third kappa shape index (κ3) is 5.77. The van der Waals surface area contributed by atoms with Crippen LogP contribution in [0.3, 0.4) is 0 Å². The van der Waals surface area contributed by atoms with E-state index in [1.54, 1.807) is 0 Å². The van der Waals surface area contributed by atoms with E-state index in [1.165, 1.54) is 6.92 Å². The highest BCUT2D eigenvalue weighted by molar-refractivity contribution is 5.66. The third-order valence-electron chi connectivity index (χ3n) is 5.84. The van der Waals surface area contributed by atoms with E-state index in [0.29, 0.717) is 31.3 Å². The molecule has 2 heterocycles. The molecule has 2 N–H and O–H groups in total. The molecule has 0 amide bonds. The number of fused-ring (bicyclic) bond motifs is 9. The first kappa shape index (κ1) is 22.8. The van der Waals surface area contributed by atoms with Crippen LogP contribution in [0.2, 0.25) is 0 Å². The zero-order valence-corrected chi connectivity index (χ0v) is 17.4. The van der Waals surface area contributed by atoms with E-state index < -0.39 is 17.8 Å². The first-order valence-corrected chi connectivity index (χ1v) is 9.98. The highest BCUT2D eigenvalue weighted by atomic mass is 17.2. The standard InChI is InChI=1S/C22H34O6/c1-14-6-9-21(26-17(4)24)22(5)11-10-20(27-28-22)15(2)7-8-18(16(3)13-23)19(25)12-14/h7,12,18-21,23,25H,3,6,8-11,13H2,1-2,4-5H3/b14-12?,15-7-/t18-,19-,20?,21-,22+/m0/s1. The SMILES string of the molecule is C=C(CO)[C@@H]1C/C=C(/C)C2CC[C@@](C)(OO2)[C@@H](OC(C)=O)CCC(C)=C[C@@H]1O. The average molecular weight is 395 g/mol. The van der Waals surface area contributed by atoms with Gasteiger partial charge in [-0.15, -0.1) is 0 Å². The first-order valence-electron chi connectivity index (χ1n) is 9.98. The van der Waals surface area contributed by atoms with Crippen LogP contribution < -0.4 is 0 Å². The molecule has 1 unspecified atom stereocenters. The Balaban J connectivity index is 2.34. The van der Waals surface area contributed by atoms with Crippen LogP contribution in [-0.4, -0.2) is 46.7 Å². The lowest BCUT2D eigenvalue weighted by molar-refractivity contribution is -0.412. The molecule has 3 rings (SSSR count). The largest absolute Gasteiger partial charge is 0.459 e. The van der Waals surface area contributed by atoms with Crippen molar-refractivity contribution in [1.29, 1.82) is 0 Å². The minimum atomic E-state index is -0.747. The Kier molecular flexibility index (Phi) is 8.01. The highest BCUT2D eigenvalue weighted by Crippen LogP contribution is 2.36. The molecule has 2 bridgehead atoms. The fraction of sp³-hybridized carbons (Fsp3) is 0.682. The van der Waals surface area contributed by atoms with E-state index >= 15 is 0 Å². The molecule has 3 aliphatic rings. The number of aliphatic hydroxyl groups excluding tert-OH is 2. The van der Waals surface area contributed by atoms with Crippen molar-refractivity contribution in [2.75, 3.05) is 6.61 Å². The summed E-state index contributed by atoms with van der Waals surface area (Å²) in [6.07, 6.45) is 5.68. The van der Waals surface area contributed by atoms with Crippen LogP contribution in [0.1, 0.15) is 59.8 Å². The Bertz CT molecular complexity index is 627. The maximum Gasteiger partial charge on any atom is 0.303 e. The lowest BCUT2D eigenvalue weighted by Crippen LogP contribution is -2.49. The topological polar surface area (TPSA) is 85.2 Å². The van der Waals surface area contributed by atoms with Gasteiger partial charge in [0.2, 0.25) is 0 Å². The van der Waals surface area contributed by atoms with Gasteiger partial charge in [0.25, 0.3) is 0 Å². The quantitative estimate of drug-likeness (QED) is 0.434. The van der Waals surface area contributed by atoms with Crippen LogP contribution in [-0.2, 0) is 19.3 Å². The molecular weight excluding hydrogens is 360 g/mol. The summed E-state index contributed by atoms with van der Waals surface area (Å²) in [6, 6.07) is 0. The second kappa shape index (κ2) is 9.83. The van der Waals surface area contributed by atoms with Gasteiger partial charge >= 0.3 is 5.97 Å². The summed E-state index contributed by atoms with van der Waals surface area (Å²) >= 11 is 0. The monoisotopic (exact) mass is 394 g/mol. The molecule has 6 nitrogen and oxygen atoms in total. The van der Waals surface area contributed by atoms with Gasteiger partial charge in [0.15, 0.2) is 0 Å². The molecule has 0 aromatic heterocycles. The van der Waals surface area contributed by atoms with Gasteiger partial charge in [-0.3, -0.25) is 4.79 Å². The van der Waals surface area contributed by atoms with Gasteiger partial charge in [0.1, 0.15) is 17.8 Å². The summed E-state index contributed by atoms with van der Waals surface area (Å²) in [5.41, 5.74) is 1.88. The molecule has 0 aromatic rings. The minimum Gasteiger partial charge on any atom is -0.459 e. The smallest absolute Gasteiger partial charge is 0.303 e. The molecule has 1 saturated heterocycles. The second-order valence-corrected chi connectivity index (χ2v) is 8.27. The maximum atomic E-state index is 11.6. The van der Waals surface area contributed by atoms with Gasteiger partial charge in [-0.2, -0.15) is 0 Å². The number of ether oxygens (including phenoxy) is 1. The molecule has 0 aromatic carbocycles. The summed E-state index contributed by atoms with van der Waals surface area (Å²) in [4.78, 5) is 23.1. The van der Waals surface area contributed by atoms with Crippen LogP contribution >= 0.6 is 0 Å². The van der Waals surface area contributed by atoms with E-state index in [4.69, 9.17) is 14.5 Å². The van der Waals surface area contributed by atoms with Gasteiger partial charge in [0.05, 0.1) is 12.7 Å². The van der Waals surface area contributed by atoms with E-state index in [0.717, 1.165) is 17.6 Å². The zero-order chi connectivity index (χ0) is 20.9. The van der Waals surface area contributed by atoms with Crippen molar-refractivity contribution in [3.63, 3.8) is 0 Å². The van der Waals surface area contributed by atoms with E-state index in [9.17, 15) is 15.0 Å². The van der Waals surface area contributed by atoms with Crippen molar-refractivity contribution in [3.8, 4) is 0 Å². The summed E-state index contributed by atoms with van der Waals surface area (Å²) in [6.45, 7) is 11.0. The molecule has 1 aliphatic carbocycles. The normalized spacial score (nSPS) is 36.6. The van der Waals surface area contributed by atoms with Crippen LogP contribution in [0.15, 0.2) is 35.5 Å². The number of carbonyl (C=O) groups is 1. The van der Waals surface area contributed by atoms with Crippen LogP contribution in [0, 0.1) is 5.92 Å². The van der Waals surface area contributed by atoms with Gasteiger partial charge in [-0.25, -0.2) is 9.78 Å². The molecule has 5 atom stereocenters. The molecule has 158 valence electrons. The number of hydrogen-bond donors (Lipinski definition) is 2. The lowest BCUT2D eigenvalue weighted by Gasteiger charge is -2.41. The first-order chi connectivity index (χ1) is 13.2. The molecular formula is C22H34O6. The van der Waals surface area contributed by atoms with E-state index in [2.05, 4.69) is 6.58 Å². The Morgan fingerprint density at radius 1 is 1.39 bits per heavy atom. The number of allylic oxidation sites excluding steroid dienone is 2. The molecule has 28 heavy (non-hydrogen) atoms. The van der Waals surface area contributed by atoms with Crippen molar-refractivity contribution in [1.82, 2.24) is 0 Å².